The second-order valence-corrected chi connectivity index (χ2v) is 7.18. The van der Waals surface area contributed by atoms with Crippen molar-refractivity contribution in [1.82, 2.24) is 19.7 Å². The standard InChI is InChI=1S/C14H20N4O2S/c1-10(19)21-11-7-14(20)17(8-11)9-13-16-15-12-5-3-2-4-6-18(12)13/h11H,2-9H2,1H3. The molecule has 0 saturated carbocycles. The van der Waals surface area contributed by atoms with Gasteiger partial charge in [-0.05, 0) is 12.8 Å². The maximum absolute atomic E-state index is 12.1. The van der Waals surface area contributed by atoms with Crippen molar-refractivity contribution in [2.75, 3.05) is 6.54 Å². The Labute approximate surface area is 128 Å². The smallest absolute Gasteiger partial charge is 0.224 e. The van der Waals surface area contributed by atoms with Crippen molar-refractivity contribution in [2.24, 2.45) is 0 Å². The molecule has 0 aliphatic carbocycles. The normalized spacial score (nSPS) is 22.2. The number of thioether (sulfide) groups is 1. The molecule has 1 amide bonds. The minimum atomic E-state index is 0.0750. The first-order valence-electron chi connectivity index (χ1n) is 7.49. The molecule has 3 heterocycles. The van der Waals surface area contributed by atoms with E-state index < -0.39 is 0 Å². The Kier molecular flexibility index (Phi) is 4.28. The summed E-state index contributed by atoms with van der Waals surface area (Å²) in [5.41, 5.74) is 0. The van der Waals surface area contributed by atoms with Crippen LogP contribution in [-0.4, -0.2) is 42.5 Å². The number of amides is 1. The molecule has 1 atom stereocenters. The van der Waals surface area contributed by atoms with Crippen molar-refractivity contribution in [3.05, 3.63) is 11.6 Å². The Morgan fingerprint density at radius 3 is 3.00 bits per heavy atom. The summed E-state index contributed by atoms with van der Waals surface area (Å²) in [5, 5.41) is 8.70. The van der Waals surface area contributed by atoms with Gasteiger partial charge in [0.15, 0.2) is 10.9 Å². The van der Waals surface area contributed by atoms with E-state index in [2.05, 4.69) is 14.8 Å². The average molecular weight is 308 g/mol. The molecule has 0 spiro atoms. The lowest BCUT2D eigenvalue weighted by molar-refractivity contribution is -0.128. The number of hydrogen-bond acceptors (Lipinski definition) is 5. The molecule has 21 heavy (non-hydrogen) atoms. The molecule has 0 bridgehead atoms. The van der Waals surface area contributed by atoms with Crippen molar-refractivity contribution in [1.29, 1.82) is 0 Å². The van der Waals surface area contributed by atoms with E-state index in [-0.39, 0.29) is 16.3 Å². The third-order valence-electron chi connectivity index (χ3n) is 4.03. The topological polar surface area (TPSA) is 68.1 Å². The number of aryl methyl sites for hydroxylation is 1. The van der Waals surface area contributed by atoms with Crippen LogP contribution in [0, 0.1) is 0 Å². The monoisotopic (exact) mass is 308 g/mol. The highest BCUT2D eigenvalue weighted by Crippen LogP contribution is 2.25. The average Bonchev–Trinajstić information content (AvgIpc) is 2.85. The third kappa shape index (κ3) is 3.28. The summed E-state index contributed by atoms with van der Waals surface area (Å²) in [4.78, 5) is 25.0. The van der Waals surface area contributed by atoms with Crippen molar-refractivity contribution in [3.8, 4) is 0 Å². The van der Waals surface area contributed by atoms with Gasteiger partial charge in [0.2, 0.25) is 5.91 Å². The number of aromatic nitrogens is 3. The van der Waals surface area contributed by atoms with E-state index in [0.29, 0.717) is 19.5 Å². The molecule has 2 aliphatic rings. The number of likely N-dealkylation sites (tertiary alicyclic amines) is 1. The van der Waals surface area contributed by atoms with Gasteiger partial charge >= 0.3 is 0 Å². The van der Waals surface area contributed by atoms with E-state index >= 15 is 0 Å². The van der Waals surface area contributed by atoms with Crippen LogP contribution in [0.4, 0.5) is 0 Å². The van der Waals surface area contributed by atoms with Gasteiger partial charge in [-0.15, -0.1) is 10.2 Å². The Bertz CT molecular complexity index is 557. The predicted octanol–water partition coefficient (Wildman–Crippen LogP) is 1.39. The minimum Gasteiger partial charge on any atom is -0.334 e. The Balaban J connectivity index is 1.68. The van der Waals surface area contributed by atoms with E-state index in [9.17, 15) is 9.59 Å². The Hall–Kier alpha value is -1.37. The summed E-state index contributed by atoms with van der Waals surface area (Å²) >= 11 is 1.27. The molecule has 1 unspecified atom stereocenters. The third-order valence-corrected chi connectivity index (χ3v) is 5.01. The summed E-state index contributed by atoms with van der Waals surface area (Å²) < 4.78 is 2.17. The molecular weight excluding hydrogens is 288 g/mol. The maximum atomic E-state index is 12.1. The van der Waals surface area contributed by atoms with Gasteiger partial charge in [-0.25, -0.2) is 0 Å². The lowest BCUT2D eigenvalue weighted by Gasteiger charge is -2.16. The van der Waals surface area contributed by atoms with Crippen LogP contribution in [0.5, 0.6) is 0 Å². The molecule has 0 aromatic carbocycles. The van der Waals surface area contributed by atoms with Gasteiger partial charge in [0, 0.05) is 38.1 Å². The molecule has 114 valence electrons. The first-order chi connectivity index (χ1) is 10.1. The van der Waals surface area contributed by atoms with Gasteiger partial charge in [0.05, 0.1) is 6.54 Å². The van der Waals surface area contributed by atoms with E-state index in [0.717, 1.165) is 37.5 Å². The molecule has 7 heteroatoms. The molecule has 1 aromatic rings. The first-order valence-corrected chi connectivity index (χ1v) is 8.37. The zero-order valence-electron chi connectivity index (χ0n) is 12.2. The quantitative estimate of drug-likeness (QED) is 0.844. The zero-order valence-corrected chi connectivity index (χ0v) is 13.1. The molecule has 1 aromatic heterocycles. The second kappa shape index (κ2) is 6.17. The van der Waals surface area contributed by atoms with E-state index in [1.54, 1.807) is 6.92 Å². The SMILES string of the molecule is CC(=O)SC1CC(=O)N(Cc2nnc3n2CCCCC3)C1. The van der Waals surface area contributed by atoms with Gasteiger partial charge in [-0.1, -0.05) is 18.2 Å². The Morgan fingerprint density at radius 2 is 2.19 bits per heavy atom. The zero-order chi connectivity index (χ0) is 14.8. The second-order valence-electron chi connectivity index (χ2n) is 5.70. The van der Waals surface area contributed by atoms with Crippen molar-refractivity contribution >= 4 is 22.8 Å². The van der Waals surface area contributed by atoms with Crippen LogP contribution < -0.4 is 0 Å². The molecule has 1 saturated heterocycles. The van der Waals surface area contributed by atoms with Gasteiger partial charge < -0.3 is 9.47 Å². The van der Waals surface area contributed by atoms with Gasteiger partial charge in [0.25, 0.3) is 0 Å². The highest BCUT2D eigenvalue weighted by atomic mass is 32.2. The van der Waals surface area contributed by atoms with Crippen molar-refractivity contribution in [2.45, 2.75) is 57.4 Å². The largest absolute Gasteiger partial charge is 0.334 e. The number of hydrogen-bond donors (Lipinski definition) is 0. The number of rotatable bonds is 3. The number of fused-ring (bicyclic) bond motifs is 1. The van der Waals surface area contributed by atoms with E-state index in [1.165, 1.54) is 18.2 Å². The van der Waals surface area contributed by atoms with E-state index in [1.807, 2.05) is 4.90 Å². The van der Waals surface area contributed by atoms with Crippen LogP contribution in [-0.2, 0) is 29.1 Å². The number of carbonyl (C=O) groups is 2. The van der Waals surface area contributed by atoms with Crippen LogP contribution in [0.25, 0.3) is 0 Å². The lowest BCUT2D eigenvalue weighted by atomic mass is 10.2. The highest BCUT2D eigenvalue weighted by Gasteiger charge is 2.32. The molecular formula is C14H20N4O2S. The summed E-state index contributed by atoms with van der Waals surface area (Å²) in [5.74, 6) is 2.04. The summed E-state index contributed by atoms with van der Waals surface area (Å²) in [7, 11) is 0. The Morgan fingerprint density at radius 1 is 1.33 bits per heavy atom. The summed E-state index contributed by atoms with van der Waals surface area (Å²) in [6.07, 6.45) is 4.96. The first kappa shape index (κ1) is 14.6. The molecule has 0 radical (unpaired) electrons. The molecule has 3 rings (SSSR count). The van der Waals surface area contributed by atoms with Gasteiger partial charge in [0.1, 0.15) is 5.82 Å². The van der Waals surface area contributed by atoms with Crippen LogP contribution >= 0.6 is 11.8 Å². The minimum absolute atomic E-state index is 0.0750. The fourth-order valence-corrected chi connectivity index (χ4v) is 3.99. The van der Waals surface area contributed by atoms with E-state index in [4.69, 9.17) is 0 Å². The highest BCUT2D eigenvalue weighted by molar-refractivity contribution is 8.14. The number of carbonyl (C=O) groups excluding carboxylic acids is 2. The lowest BCUT2D eigenvalue weighted by Crippen LogP contribution is -2.27. The van der Waals surface area contributed by atoms with Crippen LogP contribution in [0.2, 0.25) is 0 Å². The van der Waals surface area contributed by atoms with Crippen LogP contribution in [0.15, 0.2) is 0 Å². The van der Waals surface area contributed by atoms with Crippen LogP contribution in [0.3, 0.4) is 0 Å². The fourth-order valence-electron chi connectivity index (χ4n) is 3.04. The van der Waals surface area contributed by atoms with Crippen molar-refractivity contribution < 1.29 is 9.59 Å². The molecule has 2 aliphatic heterocycles. The van der Waals surface area contributed by atoms with Gasteiger partial charge in [-0.3, -0.25) is 9.59 Å². The summed E-state index contributed by atoms with van der Waals surface area (Å²) in [6, 6.07) is 0. The van der Waals surface area contributed by atoms with Crippen LogP contribution in [0.1, 0.15) is 44.3 Å². The fraction of sp³-hybridized carbons (Fsp3) is 0.714. The van der Waals surface area contributed by atoms with Gasteiger partial charge in [-0.2, -0.15) is 0 Å². The maximum Gasteiger partial charge on any atom is 0.224 e. The molecule has 1 fully saturated rings. The van der Waals surface area contributed by atoms with Crippen molar-refractivity contribution in [3.63, 3.8) is 0 Å². The summed E-state index contributed by atoms with van der Waals surface area (Å²) in [6.45, 7) is 3.65. The molecule has 0 N–H and O–H groups in total. The number of nitrogens with zero attached hydrogens (tertiary/aromatic N) is 4. The molecule has 6 nitrogen and oxygen atoms in total. The predicted molar refractivity (Wildman–Crippen MR) is 79.7 cm³/mol.